The van der Waals surface area contributed by atoms with Crippen LogP contribution in [0, 0.1) is 0 Å². The van der Waals surface area contributed by atoms with Crippen molar-refractivity contribution in [2.24, 2.45) is 0 Å². The molecule has 2 rings (SSSR count). The predicted octanol–water partition coefficient (Wildman–Crippen LogP) is 3.69. The summed E-state index contributed by atoms with van der Waals surface area (Å²) in [6.07, 6.45) is -1.45. The van der Waals surface area contributed by atoms with E-state index in [1.807, 2.05) is 43.3 Å². The molecular weight excluding hydrogens is 306 g/mol. The summed E-state index contributed by atoms with van der Waals surface area (Å²) in [6.45, 7) is 2.29. The van der Waals surface area contributed by atoms with Crippen molar-refractivity contribution in [3.63, 3.8) is 0 Å². The van der Waals surface area contributed by atoms with Crippen LogP contribution in [-0.4, -0.2) is 34.3 Å². The van der Waals surface area contributed by atoms with Crippen LogP contribution in [0.15, 0.2) is 54.6 Å². The van der Waals surface area contributed by atoms with E-state index < -0.39 is 18.2 Å². The lowest BCUT2D eigenvalue weighted by atomic mass is 9.99. The van der Waals surface area contributed by atoms with E-state index in [1.54, 1.807) is 18.2 Å². The van der Waals surface area contributed by atoms with Crippen LogP contribution in [0.1, 0.15) is 30.6 Å². The summed E-state index contributed by atoms with van der Waals surface area (Å²) in [5.41, 5.74) is 1.70. The van der Waals surface area contributed by atoms with Crippen molar-refractivity contribution < 1.29 is 19.7 Å². The number of hydrogen-bond acceptors (Lipinski definition) is 3. The van der Waals surface area contributed by atoms with E-state index in [4.69, 9.17) is 9.84 Å². The van der Waals surface area contributed by atoms with Crippen molar-refractivity contribution in [1.82, 2.24) is 4.90 Å². The maximum Gasteiger partial charge on any atom is 0.407 e. The molecule has 0 unspecified atom stereocenters. The van der Waals surface area contributed by atoms with Crippen LogP contribution < -0.4 is 4.74 Å². The van der Waals surface area contributed by atoms with Gasteiger partial charge in [0.25, 0.3) is 0 Å². The Hall–Kier alpha value is -2.53. The van der Waals surface area contributed by atoms with Crippen LogP contribution in [0.4, 0.5) is 4.79 Å². The summed E-state index contributed by atoms with van der Waals surface area (Å²) in [6, 6.07) is 16.5. The molecule has 0 saturated carbocycles. The Morgan fingerprint density at radius 3 is 2.50 bits per heavy atom. The second-order valence-corrected chi connectivity index (χ2v) is 5.66. The minimum atomic E-state index is -1.06. The summed E-state index contributed by atoms with van der Waals surface area (Å²) < 4.78 is 5.76. The zero-order chi connectivity index (χ0) is 17.5. The van der Waals surface area contributed by atoms with E-state index >= 15 is 0 Å². The number of rotatable bonds is 7. The molecule has 0 aromatic heterocycles. The second-order valence-electron chi connectivity index (χ2n) is 5.66. The summed E-state index contributed by atoms with van der Waals surface area (Å²) in [7, 11) is 1.47. The Morgan fingerprint density at radius 2 is 1.88 bits per heavy atom. The number of benzene rings is 2. The molecule has 2 atom stereocenters. The molecule has 0 aliphatic rings. The van der Waals surface area contributed by atoms with Gasteiger partial charge in [-0.2, -0.15) is 0 Å². The van der Waals surface area contributed by atoms with Gasteiger partial charge in [0.1, 0.15) is 12.4 Å². The molecule has 24 heavy (non-hydrogen) atoms. The lowest BCUT2D eigenvalue weighted by Gasteiger charge is -2.29. The molecular formula is C19H23NO4. The number of amides is 1. The number of carbonyl (C=O) groups is 1. The number of carboxylic acid groups (broad SMARTS) is 1. The smallest absolute Gasteiger partial charge is 0.407 e. The van der Waals surface area contributed by atoms with Gasteiger partial charge in [0.05, 0.1) is 12.1 Å². The van der Waals surface area contributed by atoms with E-state index in [0.29, 0.717) is 24.3 Å². The Balaban J connectivity index is 2.09. The Labute approximate surface area is 142 Å². The Bertz CT molecular complexity index is 659. The van der Waals surface area contributed by atoms with Crippen molar-refractivity contribution in [3.8, 4) is 5.75 Å². The number of aliphatic hydroxyl groups is 1. The molecule has 0 aliphatic carbocycles. The lowest BCUT2D eigenvalue weighted by molar-refractivity contribution is 0.0575. The molecule has 5 heteroatoms. The minimum absolute atomic E-state index is 0.437. The highest BCUT2D eigenvalue weighted by molar-refractivity contribution is 5.65. The van der Waals surface area contributed by atoms with Gasteiger partial charge >= 0.3 is 6.09 Å². The Kier molecular flexibility index (Phi) is 6.21. The van der Waals surface area contributed by atoms with Gasteiger partial charge in [-0.1, -0.05) is 49.4 Å². The van der Waals surface area contributed by atoms with Crippen LogP contribution in [0.5, 0.6) is 5.75 Å². The quantitative estimate of drug-likeness (QED) is 0.813. The van der Waals surface area contributed by atoms with Gasteiger partial charge in [0.15, 0.2) is 0 Å². The topological polar surface area (TPSA) is 70.0 Å². The fourth-order valence-corrected chi connectivity index (χ4v) is 2.60. The average molecular weight is 329 g/mol. The third-order valence-electron chi connectivity index (χ3n) is 4.03. The summed E-state index contributed by atoms with van der Waals surface area (Å²) in [4.78, 5) is 12.3. The molecule has 0 radical (unpaired) electrons. The fourth-order valence-electron chi connectivity index (χ4n) is 2.60. The summed E-state index contributed by atoms with van der Waals surface area (Å²) in [5, 5.41) is 19.7. The highest BCUT2D eigenvalue weighted by Gasteiger charge is 2.26. The molecule has 0 heterocycles. The van der Waals surface area contributed by atoms with Gasteiger partial charge in [-0.3, -0.25) is 0 Å². The van der Waals surface area contributed by atoms with Crippen molar-refractivity contribution in [3.05, 3.63) is 65.7 Å². The van der Waals surface area contributed by atoms with Crippen LogP contribution in [0.2, 0.25) is 0 Å². The Morgan fingerprint density at radius 1 is 1.17 bits per heavy atom. The van der Waals surface area contributed by atoms with Crippen molar-refractivity contribution in [2.45, 2.75) is 32.1 Å². The zero-order valence-corrected chi connectivity index (χ0v) is 13.9. The number of nitrogens with zero attached hydrogens (tertiary/aromatic N) is 1. The SMILES string of the molecule is CC[C@@H]([C@@H](O)c1cccc(OCc2ccccc2)c1)N(C)C(=O)O. The number of ether oxygens (including phenoxy) is 1. The van der Waals surface area contributed by atoms with Gasteiger partial charge in [0, 0.05) is 7.05 Å². The van der Waals surface area contributed by atoms with E-state index in [-0.39, 0.29) is 0 Å². The van der Waals surface area contributed by atoms with Crippen LogP contribution in [-0.2, 0) is 6.61 Å². The van der Waals surface area contributed by atoms with Gasteiger partial charge < -0.3 is 19.8 Å². The first-order chi connectivity index (χ1) is 11.5. The number of likely N-dealkylation sites (N-methyl/N-ethyl adjacent to an activating group) is 1. The van der Waals surface area contributed by atoms with Crippen LogP contribution >= 0.6 is 0 Å². The highest BCUT2D eigenvalue weighted by Crippen LogP contribution is 2.26. The minimum Gasteiger partial charge on any atom is -0.489 e. The van der Waals surface area contributed by atoms with E-state index in [9.17, 15) is 9.90 Å². The third-order valence-corrected chi connectivity index (χ3v) is 4.03. The molecule has 0 fully saturated rings. The fraction of sp³-hybridized carbons (Fsp3) is 0.316. The molecule has 0 saturated heterocycles. The molecule has 128 valence electrons. The normalized spacial score (nSPS) is 13.1. The van der Waals surface area contributed by atoms with E-state index in [1.165, 1.54) is 7.05 Å². The summed E-state index contributed by atoms with van der Waals surface area (Å²) in [5.74, 6) is 0.642. The third kappa shape index (κ3) is 4.49. The first-order valence-electron chi connectivity index (χ1n) is 7.93. The maximum atomic E-state index is 11.2. The van der Waals surface area contributed by atoms with Crippen molar-refractivity contribution in [2.75, 3.05) is 7.05 Å². The number of hydrogen-bond donors (Lipinski definition) is 2. The van der Waals surface area contributed by atoms with Crippen LogP contribution in [0.25, 0.3) is 0 Å². The first-order valence-corrected chi connectivity index (χ1v) is 7.93. The predicted molar refractivity (Wildman–Crippen MR) is 92.0 cm³/mol. The van der Waals surface area contributed by atoms with Crippen LogP contribution in [0.3, 0.4) is 0 Å². The highest BCUT2D eigenvalue weighted by atomic mass is 16.5. The van der Waals surface area contributed by atoms with Gasteiger partial charge in [-0.05, 0) is 29.7 Å². The molecule has 1 amide bonds. The molecule has 0 bridgehead atoms. The standard InChI is InChI=1S/C19H23NO4/c1-3-17(20(2)19(22)23)18(21)15-10-7-11-16(12-15)24-13-14-8-5-4-6-9-14/h4-12,17-18,21H,3,13H2,1-2H3,(H,22,23)/t17-,18-/m0/s1. The van der Waals surface area contributed by atoms with E-state index in [0.717, 1.165) is 10.5 Å². The van der Waals surface area contributed by atoms with E-state index in [2.05, 4.69) is 0 Å². The molecule has 2 aromatic carbocycles. The maximum absolute atomic E-state index is 11.2. The monoisotopic (exact) mass is 329 g/mol. The molecule has 2 N–H and O–H groups in total. The zero-order valence-electron chi connectivity index (χ0n) is 13.9. The average Bonchev–Trinajstić information content (AvgIpc) is 2.61. The molecule has 0 spiro atoms. The molecule has 2 aromatic rings. The largest absolute Gasteiger partial charge is 0.489 e. The lowest BCUT2D eigenvalue weighted by Crippen LogP contribution is -2.39. The number of aliphatic hydroxyl groups excluding tert-OH is 1. The molecule has 0 aliphatic heterocycles. The van der Waals surface area contributed by atoms with Gasteiger partial charge in [0.2, 0.25) is 0 Å². The first kappa shape index (κ1) is 17.8. The van der Waals surface area contributed by atoms with Crippen molar-refractivity contribution >= 4 is 6.09 Å². The van der Waals surface area contributed by atoms with Gasteiger partial charge in [-0.25, -0.2) is 4.79 Å². The van der Waals surface area contributed by atoms with Gasteiger partial charge in [-0.15, -0.1) is 0 Å². The summed E-state index contributed by atoms with van der Waals surface area (Å²) >= 11 is 0. The second kappa shape index (κ2) is 8.36. The molecule has 5 nitrogen and oxygen atoms in total. The van der Waals surface area contributed by atoms with Crippen molar-refractivity contribution in [1.29, 1.82) is 0 Å².